The first-order valence-electron chi connectivity index (χ1n) is 4.17. The lowest BCUT2D eigenvalue weighted by atomic mass is 10.4. The van der Waals surface area contributed by atoms with Gasteiger partial charge >= 0.3 is 0 Å². The van der Waals surface area contributed by atoms with Crippen LogP contribution in [0.1, 0.15) is 5.82 Å². The second kappa shape index (κ2) is 2.68. The molecule has 0 aliphatic rings. The Morgan fingerprint density at radius 2 is 1.93 bits per heavy atom. The van der Waals surface area contributed by atoms with Gasteiger partial charge in [0.05, 0.1) is 4.70 Å². The van der Waals surface area contributed by atoms with Gasteiger partial charge in [0.15, 0.2) is 0 Å². The maximum atomic E-state index is 4.36. The Balaban J connectivity index is 2.58. The lowest BCUT2D eigenvalue weighted by Crippen LogP contribution is -1.85. The smallest absolute Gasteiger partial charge is 0.144 e. The summed E-state index contributed by atoms with van der Waals surface area (Å²) in [5.41, 5.74) is 1.78. The quantitative estimate of drug-likeness (QED) is 0.559. The topological polar surface area (TPSA) is 51.6 Å². The van der Waals surface area contributed by atoms with E-state index in [9.17, 15) is 0 Å². The van der Waals surface area contributed by atoms with Crippen LogP contribution in [0, 0.1) is 6.92 Å². The molecule has 0 atom stereocenters. The molecule has 14 heavy (non-hydrogen) atoms. The van der Waals surface area contributed by atoms with Crippen LogP contribution in [0.2, 0.25) is 0 Å². The first kappa shape index (κ1) is 7.75. The third kappa shape index (κ3) is 0.990. The first-order chi connectivity index (χ1) is 6.84. The van der Waals surface area contributed by atoms with Crippen LogP contribution >= 0.6 is 11.3 Å². The third-order valence-corrected chi connectivity index (χ3v) is 2.98. The van der Waals surface area contributed by atoms with Gasteiger partial charge in [-0.3, -0.25) is 0 Å². The Morgan fingerprint density at radius 3 is 2.86 bits per heavy atom. The van der Waals surface area contributed by atoms with Crippen LogP contribution in [-0.2, 0) is 0 Å². The molecule has 0 saturated carbocycles. The molecule has 0 unspecified atom stereocenters. The zero-order valence-corrected chi connectivity index (χ0v) is 8.25. The normalized spacial score (nSPS) is 11.2. The van der Waals surface area contributed by atoms with Crippen LogP contribution in [0.5, 0.6) is 0 Å². The van der Waals surface area contributed by atoms with Gasteiger partial charge in [-0.25, -0.2) is 19.9 Å². The minimum Gasteiger partial charge on any atom is -0.250 e. The summed E-state index contributed by atoms with van der Waals surface area (Å²) >= 11 is 1.57. The lowest BCUT2D eigenvalue weighted by molar-refractivity contribution is 1.10. The van der Waals surface area contributed by atoms with Crippen molar-refractivity contribution in [3.8, 4) is 0 Å². The molecule has 0 amide bonds. The molecule has 0 fully saturated rings. The van der Waals surface area contributed by atoms with Gasteiger partial charge in [-0.2, -0.15) is 0 Å². The van der Waals surface area contributed by atoms with Crippen molar-refractivity contribution in [2.45, 2.75) is 6.92 Å². The number of hydrogen-bond donors (Lipinski definition) is 0. The molecule has 3 heterocycles. The molecule has 0 radical (unpaired) electrons. The summed E-state index contributed by atoms with van der Waals surface area (Å²) in [7, 11) is 0. The molecule has 3 aromatic heterocycles. The fourth-order valence-corrected chi connectivity index (χ4v) is 2.28. The van der Waals surface area contributed by atoms with E-state index < -0.39 is 0 Å². The van der Waals surface area contributed by atoms with E-state index in [1.165, 1.54) is 0 Å². The Morgan fingerprint density at radius 1 is 1.07 bits per heavy atom. The highest BCUT2D eigenvalue weighted by Crippen LogP contribution is 2.28. The predicted octanol–water partition coefficient (Wildman–Crippen LogP) is 1.94. The molecule has 68 valence electrons. The highest BCUT2D eigenvalue weighted by Gasteiger charge is 2.07. The molecule has 0 aromatic carbocycles. The van der Waals surface area contributed by atoms with Crippen molar-refractivity contribution in [3.05, 3.63) is 24.4 Å². The predicted molar refractivity (Wildman–Crippen MR) is 55.2 cm³/mol. The van der Waals surface area contributed by atoms with E-state index in [1.807, 2.05) is 13.1 Å². The molecule has 0 saturated heterocycles. The van der Waals surface area contributed by atoms with E-state index in [1.54, 1.807) is 23.7 Å². The SMILES string of the molecule is Cc1ncc2sc3nccnc3c2n1. The third-order valence-electron chi connectivity index (χ3n) is 1.97. The van der Waals surface area contributed by atoms with E-state index in [2.05, 4.69) is 19.9 Å². The molecule has 0 aliphatic heterocycles. The van der Waals surface area contributed by atoms with Gasteiger partial charge in [-0.05, 0) is 6.92 Å². The maximum absolute atomic E-state index is 4.36. The van der Waals surface area contributed by atoms with Crippen LogP contribution in [0.15, 0.2) is 18.6 Å². The van der Waals surface area contributed by atoms with Crippen molar-refractivity contribution >= 4 is 31.9 Å². The fourth-order valence-electron chi connectivity index (χ4n) is 1.37. The van der Waals surface area contributed by atoms with Gasteiger partial charge < -0.3 is 0 Å². The second-order valence-corrected chi connectivity index (χ2v) is 3.97. The van der Waals surface area contributed by atoms with E-state index in [0.29, 0.717) is 0 Å². The molecule has 3 aromatic rings. The first-order valence-corrected chi connectivity index (χ1v) is 4.99. The molecule has 0 spiro atoms. The summed E-state index contributed by atoms with van der Waals surface area (Å²) in [6, 6.07) is 0. The van der Waals surface area contributed by atoms with Crippen molar-refractivity contribution in [1.29, 1.82) is 0 Å². The van der Waals surface area contributed by atoms with Crippen molar-refractivity contribution in [2.24, 2.45) is 0 Å². The highest BCUT2D eigenvalue weighted by molar-refractivity contribution is 7.25. The molecular weight excluding hydrogens is 196 g/mol. The molecular formula is C9H6N4S. The van der Waals surface area contributed by atoms with Crippen LogP contribution in [-0.4, -0.2) is 19.9 Å². The van der Waals surface area contributed by atoms with E-state index in [4.69, 9.17) is 0 Å². The van der Waals surface area contributed by atoms with Crippen LogP contribution < -0.4 is 0 Å². The molecule has 4 nitrogen and oxygen atoms in total. The average molecular weight is 202 g/mol. The minimum atomic E-state index is 0.767. The fraction of sp³-hybridized carbons (Fsp3) is 0.111. The average Bonchev–Trinajstić information content (AvgIpc) is 2.56. The largest absolute Gasteiger partial charge is 0.250 e. The summed E-state index contributed by atoms with van der Waals surface area (Å²) in [6.45, 7) is 1.87. The van der Waals surface area contributed by atoms with E-state index in [-0.39, 0.29) is 0 Å². The van der Waals surface area contributed by atoms with Gasteiger partial charge in [0.25, 0.3) is 0 Å². The molecule has 0 bridgehead atoms. The summed E-state index contributed by atoms with van der Waals surface area (Å²) in [5, 5.41) is 0. The zero-order chi connectivity index (χ0) is 9.54. The summed E-state index contributed by atoms with van der Waals surface area (Å²) in [5.74, 6) is 0.767. The maximum Gasteiger partial charge on any atom is 0.144 e. The lowest BCUT2D eigenvalue weighted by Gasteiger charge is -1.90. The van der Waals surface area contributed by atoms with Crippen molar-refractivity contribution in [1.82, 2.24) is 19.9 Å². The van der Waals surface area contributed by atoms with Gasteiger partial charge in [0.2, 0.25) is 0 Å². The number of hydrogen-bond acceptors (Lipinski definition) is 5. The standard InChI is InChI=1S/C9H6N4S/c1-5-12-4-6-7(13-5)8-9(14-6)11-3-2-10-8/h2-4H,1H3. The minimum absolute atomic E-state index is 0.767. The number of aryl methyl sites for hydroxylation is 1. The van der Waals surface area contributed by atoms with E-state index >= 15 is 0 Å². The van der Waals surface area contributed by atoms with Gasteiger partial charge in [-0.15, -0.1) is 11.3 Å². The Hall–Kier alpha value is -1.62. The number of nitrogens with zero attached hydrogens (tertiary/aromatic N) is 4. The van der Waals surface area contributed by atoms with Crippen LogP contribution in [0.25, 0.3) is 20.6 Å². The summed E-state index contributed by atoms with van der Waals surface area (Å²) in [6.07, 6.45) is 5.20. The monoisotopic (exact) mass is 202 g/mol. The molecule has 0 aliphatic carbocycles. The van der Waals surface area contributed by atoms with Crippen LogP contribution in [0.3, 0.4) is 0 Å². The molecule has 3 rings (SSSR count). The second-order valence-electron chi connectivity index (χ2n) is 2.94. The zero-order valence-electron chi connectivity index (χ0n) is 7.43. The summed E-state index contributed by atoms with van der Waals surface area (Å²) in [4.78, 5) is 17.9. The van der Waals surface area contributed by atoms with Gasteiger partial charge in [-0.1, -0.05) is 0 Å². The van der Waals surface area contributed by atoms with Crippen molar-refractivity contribution in [2.75, 3.05) is 0 Å². The van der Waals surface area contributed by atoms with Crippen molar-refractivity contribution in [3.63, 3.8) is 0 Å². The number of aromatic nitrogens is 4. The van der Waals surface area contributed by atoms with Gasteiger partial charge in [0.1, 0.15) is 21.7 Å². The highest BCUT2D eigenvalue weighted by atomic mass is 32.1. The number of thiophene rings is 1. The van der Waals surface area contributed by atoms with Gasteiger partial charge in [0, 0.05) is 18.6 Å². The Kier molecular flexibility index (Phi) is 1.49. The Bertz CT molecular complexity index is 616. The number of rotatable bonds is 0. The Labute approximate surface area is 83.7 Å². The van der Waals surface area contributed by atoms with Crippen LogP contribution in [0.4, 0.5) is 0 Å². The van der Waals surface area contributed by atoms with E-state index in [0.717, 1.165) is 26.4 Å². The summed E-state index contributed by atoms with van der Waals surface area (Å²) < 4.78 is 1.04. The molecule has 0 N–H and O–H groups in total. The molecule has 5 heteroatoms. The number of fused-ring (bicyclic) bond motifs is 3. The van der Waals surface area contributed by atoms with Crippen molar-refractivity contribution < 1.29 is 0 Å².